The molecule has 5 heteroatoms. The summed E-state index contributed by atoms with van der Waals surface area (Å²) in [6.45, 7) is 3.42. The second kappa shape index (κ2) is 4.31. The van der Waals surface area contributed by atoms with Gasteiger partial charge in [0.1, 0.15) is 5.60 Å². The Morgan fingerprint density at radius 2 is 2.06 bits per heavy atom. The Kier molecular flexibility index (Phi) is 2.90. The summed E-state index contributed by atoms with van der Waals surface area (Å²) in [6.07, 6.45) is 6.55. The first-order valence-electron chi connectivity index (χ1n) is 6.87. The molecule has 5 nitrogen and oxygen atoms in total. The summed E-state index contributed by atoms with van der Waals surface area (Å²) in [5, 5.41) is 4.14. The third-order valence-electron chi connectivity index (χ3n) is 4.52. The van der Waals surface area contributed by atoms with E-state index < -0.39 is 0 Å². The second-order valence-electron chi connectivity index (χ2n) is 5.80. The van der Waals surface area contributed by atoms with E-state index in [0.717, 1.165) is 38.7 Å². The number of rotatable bonds is 3. The van der Waals surface area contributed by atoms with Crippen LogP contribution in [-0.2, 0) is 15.8 Å². The molecule has 1 aliphatic carbocycles. The van der Waals surface area contributed by atoms with Crippen LogP contribution in [0.3, 0.4) is 0 Å². The van der Waals surface area contributed by atoms with Crippen molar-refractivity contribution in [2.75, 3.05) is 13.2 Å². The third kappa shape index (κ3) is 1.77. The maximum Gasteiger partial charge on any atom is 0.234 e. The van der Waals surface area contributed by atoms with Crippen molar-refractivity contribution in [2.24, 2.45) is 5.73 Å². The van der Waals surface area contributed by atoms with E-state index in [0.29, 0.717) is 18.3 Å². The molecule has 2 N–H and O–H groups in total. The Morgan fingerprint density at radius 1 is 1.22 bits per heavy atom. The highest BCUT2D eigenvalue weighted by atomic mass is 16.5. The Labute approximate surface area is 107 Å². The van der Waals surface area contributed by atoms with Crippen LogP contribution < -0.4 is 5.73 Å². The highest BCUT2D eigenvalue weighted by Gasteiger charge is 2.44. The van der Waals surface area contributed by atoms with Crippen LogP contribution in [0, 0.1) is 0 Å². The van der Waals surface area contributed by atoms with Crippen molar-refractivity contribution < 1.29 is 9.26 Å². The van der Waals surface area contributed by atoms with E-state index in [2.05, 4.69) is 17.1 Å². The van der Waals surface area contributed by atoms with Gasteiger partial charge < -0.3 is 15.0 Å². The Bertz CT molecular complexity index is 414. The lowest BCUT2D eigenvalue weighted by Crippen LogP contribution is -2.42. The lowest BCUT2D eigenvalue weighted by molar-refractivity contribution is -0.0770. The van der Waals surface area contributed by atoms with E-state index >= 15 is 0 Å². The van der Waals surface area contributed by atoms with Gasteiger partial charge in [-0.15, -0.1) is 0 Å². The summed E-state index contributed by atoms with van der Waals surface area (Å²) in [6, 6.07) is 0. The quantitative estimate of drug-likeness (QED) is 0.887. The maximum atomic E-state index is 5.86. The molecule has 1 atom stereocenters. The average molecular weight is 251 g/mol. The van der Waals surface area contributed by atoms with E-state index in [4.69, 9.17) is 15.0 Å². The molecule has 0 radical (unpaired) electrons. The van der Waals surface area contributed by atoms with Gasteiger partial charge in [-0.2, -0.15) is 4.98 Å². The van der Waals surface area contributed by atoms with E-state index in [1.807, 2.05) is 0 Å². The molecule has 2 fully saturated rings. The topological polar surface area (TPSA) is 74.2 Å². The first kappa shape index (κ1) is 12.1. The summed E-state index contributed by atoms with van der Waals surface area (Å²) in [4.78, 5) is 4.59. The van der Waals surface area contributed by atoms with E-state index in [9.17, 15) is 0 Å². The van der Waals surface area contributed by atoms with Gasteiger partial charge in [-0.25, -0.2) is 0 Å². The minimum Gasteiger partial charge on any atom is -0.367 e. The zero-order valence-electron chi connectivity index (χ0n) is 10.9. The zero-order valence-corrected chi connectivity index (χ0v) is 10.9. The third-order valence-corrected chi connectivity index (χ3v) is 4.52. The van der Waals surface area contributed by atoms with Crippen LogP contribution in [0.2, 0.25) is 0 Å². The monoisotopic (exact) mass is 251 g/mol. The SMILES string of the molecule is CC1(c2noc(C3(CN)CCC3)n2)CCCCO1. The predicted molar refractivity (Wildman–Crippen MR) is 66.0 cm³/mol. The van der Waals surface area contributed by atoms with Gasteiger partial charge in [-0.3, -0.25) is 0 Å². The van der Waals surface area contributed by atoms with Crippen molar-refractivity contribution in [1.82, 2.24) is 10.1 Å². The van der Waals surface area contributed by atoms with Crippen LogP contribution in [0.15, 0.2) is 4.52 Å². The molecule has 1 saturated heterocycles. The molecule has 3 rings (SSSR count). The number of nitrogens with two attached hydrogens (primary N) is 1. The normalized spacial score (nSPS) is 31.0. The van der Waals surface area contributed by atoms with Gasteiger partial charge in [0.15, 0.2) is 0 Å². The highest BCUT2D eigenvalue weighted by Crippen LogP contribution is 2.43. The number of ether oxygens (including phenoxy) is 1. The summed E-state index contributed by atoms with van der Waals surface area (Å²) in [5.41, 5.74) is 5.43. The van der Waals surface area contributed by atoms with E-state index in [1.165, 1.54) is 6.42 Å². The Balaban J connectivity index is 1.84. The van der Waals surface area contributed by atoms with Crippen molar-refractivity contribution in [1.29, 1.82) is 0 Å². The van der Waals surface area contributed by atoms with Gasteiger partial charge in [0.25, 0.3) is 0 Å². The van der Waals surface area contributed by atoms with Gasteiger partial charge in [-0.05, 0) is 39.0 Å². The smallest absolute Gasteiger partial charge is 0.234 e. The van der Waals surface area contributed by atoms with Crippen molar-refractivity contribution in [3.63, 3.8) is 0 Å². The second-order valence-corrected chi connectivity index (χ2v) is 5.80. The minimum absolute atomic E-state index is 0.0592. The Hall–Kier alpha value is -0.940. The fraction of sp³-hybridized carbons (Fsp3) is 0.846. The largest absolute Gasteiger partial charge is 0.367 e. The minimum atomic E-state index is -0.375. The van der Waals surface area contributed by atoms with Gasteiger partial charge in [0.2, 0.25) is 11.7 Å². The van der Waals surface area contributed by atoms with Crippen LogP contribution >= 0.6 is 0 Å². The van der Waals surface area contributed by atoms with Gasteiger partial charge in [0.05, 0.1) is 5.41 Å². The van der Waals surface area contributed by atoms with Crippen LogP contribution in [0.5, 0.6) is 0 Å². The molecule has 1 aromatic heterocycles. The molecular weight excluding hydrogens is 230 g/mol. The molecule has 1 saturated carbocycles. The lowest BCUT2D eigenvalue weighted by Gasteiger charge is -2.37. The van der Waals surface area contributed by atoms with E-state index in [-0.39, 0.29) is 11.0 Å². The predicted octanol–water partition coefficient (Wildman–Crippen LogP) is 1.87. The molecule has 2 heterocycles. The molecule has 2 aliphatic rings. The molecule has 0 aromatic carbocycles. The van der Waals surface area contributed by atoms with Crippen molar-refractivity contribution >= 4 is 0 Å². The van der Waals surface area contributed by atoms with Crippen molar-refractivity contribution in [3.8, 4) is 0 Å². The van der Waals surface area contributed by atoms with Crippen LogP contribution in [0.25, 0.3) is 0 Å². The first-order chi connectivity index (χ1) is 8.69. The van der Waals surface area contributed by atoms with Crippen LogP contribution in [0.1, 0.15) is 57.2 Å². The molecule has 1 unspecified atom stereocenters. The van der Waals surface area contributed by atoms with Gasteiger partial charge >= 0.3 is 0 Å². The molecule has 0 bridgehead atoms. The highest BCUT2D eigenvalue weighted by molar-refractivity contribution is 5.13. The fourth-order valence-electron chi connectivity index (χ4n) is 2.87. The molecule has 18 heavy (non-hydrogen) atoms. The van der Waals surface area contributed by atoms with Crippen molar-refractivity contribution in [2.45, 2.75) is 56.5 Å². The first-order valence-corrected chi connectivity index (χ1v) is 6.87. The summed E-state index contributed by atoms with van der Waals surface area (Å²) in [5.74, 6) is 1.40. The number of nitrogens with zero attached hydrogens (tertiary/aromatic N) is 2. The number of aromatic nitrogens is 2. The molecule has 1 aromatic rings. The average Bonchev–Trinajstić information content (AvgIpc) is 2.80. The summed E-state index contributed by atoms with van der Waals surface area (Å²) >= 11 is 0. The standard InChI is InChI=1S/C13H21N3O2/c1-12(5-2-3-8-17-12)10-15-11(18-16-10)13(9-14)6-4-7-13/h2-9,14H2,1H3. The number of hydrogen-bond donors (Lipinski definition) is 1. The zero-order chi connectivity index (χ0) is 12.6. The van der Waals surface area contributed by atoms with Gasteiger partial charge in [0, 0.05) is 13.2 Å². The van der Waals surface area contributed by atoms with Gasteiger partial charge in [-0.1, -0.05) is 11.6 Å². The molecule has 0 amide bonds. The summed E-state index contributed by atoms with van der Waals surface area (Å²) < 4.78 is 11.3. The summed E-state index contributed by atoms with van der Waals surface area (Å²) in [7, 11) is 0. The maximum absolute atomic E-state index is 5.86. The van der Waals surface area contributed by atoms with Crippen molar-refractivity contribution in [3.05, 3.63) is 11.7 Å². The molecule has 100 valence electrons. The van der Waals surface area contributed by atoms with E-state index in [1.54, 1.807) is 0 Å². The molecule has 1 aliphatic heterocycles. The lowest BCUT2D eigenvalue weighted by atomic mass is 9.69. The fourth-order valence-corrected chi connectivity index (χ4v) is 2.87. The van der Waals surface area contributed by atoms with Crippen LogP contribution in [0.4, 0.5) is 0 Å². The molecular formula is C13H21N3O2. The number of hydrogen-bond acceptors (Lipinski definition) is 5. The Morgan fingerprint density at radius 3 is 2.61 bits per heavy atom. The molecule has 0 spiro atoms. The van der Waals surface area contributed by atoms with Crippen LogP contribution in [-0.4, -0.2) is 23.3 Å².